The smallest absolute Gasteiger partial charge is 0.256 e. The van der Waals surface area contributed by atoms with Crippen molar-refractivity contribution in [1.82, 2.24) is 4.98 Å². The van der Waals surface area contributed by atoms with Crippen LogP contribution in [0.5, 0.6) is 11.6 Å². The lowest BCUT2D eigenvalue weighted by molar-refractivity contribution is 0.382. The highest BCUT2D eigenvalue weighted by molar-refractivity contribution is 6.17. The van der Waals surface area contributed by atoms with Crippen LogP contribution in [0.15, 0.2) is 30.5 Å². The molecule has 0 fully saturated rings. The average molecular weight is 274 g/mol. The van der Waals surface area contributed by atoms with Gasteiger partial charge in [-0.05, 0) is 18.2 Å². The topological polar surface area (TPSA) is 22.1 Å². The third-order valence-electron chi connectivity index (χ3n) is 2.20. The van der Waals surface area contributed by atoms with Gasteiger partial charge in [-0.25, -0.2) is 13.8 Å². The Morgan fingerprint density at radius 2 is 1.89 bits per heavy atom. The molecule has 0 saturated carbocycles. The van der Waals surface area contributed by atoms with Gasteiger partial charge in [-0.3, -0.25) is 0 Å². The van der Waals surface area contributed by atoms with E-state index in [1.54, 1.807) is 0 Å². The maximum Gasteiger partial charge on any atom is 0.256 e. The standard InChI is InChI=1S/C12H7ClF3NO/c13-6-7-4-5-17-12(10(7)15)18-9-3-1-2-8(14)11(9)16/h1-5H,6H2. The first-order chi connectivity index (χ1) is 8.63. The lowest BCUT2D eigenvalue weighted by atomic mass is 10.3. The zero-order chi connectivity index (χ0) is 13.1. The SMILES string of the molecule is Fc1cccc(Oc2nccc(CCl)c2F)c1F. The number of pyridine rings is 1. The molecule has 2 aromatic rings. The molecule has 2 nitrogen and oxygen atoms in total. The third kappa shape index (κ3) is 2.41. The first kappa shape index (κ1) is 12.7. The summed E-state index contributed by atoms with van der Waals surface area (Å²) < 4.78 is 44.9. The Balaban J connectivity index is 2.37. The highest BCUT2D eigenvalue weighted by Gasteiger charge is 2.15. The zero-order valence-corrected chi connectivity index (χ0v) is 9.72. The van der Waals surface area contributed by atoms with Gasteiger partial charge in [-0.15, -0.1) is 11.6 Å². The third-order valence-corrected chi connectivity index (χ3v) is 2.49. The molecule has 0 bridgehead atoms. The van der Waals surface area contributed by atoms with Gasteiger partial charge < -0.3 is 4.74 Å². The quantitative estimate of drug-likeness (QED) is 0.788. The van der Waals surface area contributed by atoms with E-state index in [9.17, 15) is 13.2 Å². The number of halogens is 4. The van der Waals surface area contributed by atoms with Gasteiger partial charge in [0.1, 0.15) is 0 Å². The van der Waals surface area contributed by atoms with Gasteiger partial charge in [0.2, 0.25) is 5.82 Å². The van der Waals surface area contributed by atoms with Gasteiger partial charge >= 0.3 is 0 Å². The molecule has 0 saturated heterocycles. The van der Waals surface area contributed by atoms with Crippen molar-refractivity contribution in [1.29, 1.82) is 0 Å². The Hall–Kier alpha value is -1.75. The lowest BCUT2D eigenvalue weighted by Crippen LogP contribution is -1.98. The van der Waals surface area contributed by atoms with Gasteiger partial charge in [0.25, 0.3) is 5.88 Å². The summed E-state index contributed by atoms with van der Waals surface area (Å²) in [6, 6.07) is 4.72. The van der Waals surface area contributed by atoms with E-state index in [-0.39, 0.29) is 11.4 Å². The summed E-state index contributed by atoms with van der Waals surface area (Å²) in [5, 5.41) is 0. The van der Waals surface area contributed by atoms with Gasteiger partial charge in [0.15, 0.2) is 17.4 Å². The summed E-state index contributed by atoms with van der Waals surface area (Å²) in [6.07, 6.45) is 1.27. The number of nitrogens with zero attached hydrogens (tertiary/aromatic N) is 1. The molecule has 0 spiro atoms. The minimum absolute atomic E-state index is 0.0731. The second-order valence-corrected chi connectivity index (χ2v) is 3.64. The van der Waals surface area contributed by atoms with Crippen LogP contribution in [0.4, 0.5) is 13.2 Å². The maximum absolute atomic E-state index is 13.7. The number of ether oxygens (including phenoxy) is 1. The molecule has 0 unspecified atom stereocenters. The monoisotopic (exact) mass is 273 g/mol. The van der Waals surface area contributed by atoms with E-state index in [1.165, 1.54) is 24.4 Å². The van der Waals surface area contributed by atoms with Crippen LogP contribution in [-0.2, 0) is 5.88 Å². The fraction of sp³-hybridized carbons (Fsp3) is 0.0833. The van der Waals surface area contributed by atoms with E-state index in [1.807, 2.05) is 0 Å². The van der Waals surface area contributed by atoms with Crippen LogP contribution in [0.3, 0.4) is 0 Å². The van der Waals surface area contributed by atoms with E-state index in [0.717, 1.165) is 6.07 Å². The summed E-state index contributed by atoms with van der Waals surface area (Å²) in [6.45, 7) is 0. The van der Waals surface area contributed by atoms with Gasteiger partial charge in [0, 0.05) is 11.8 Å². The summed E-state index contributed by atoms with van der Waals surface area (Å²) in [5.41, 5.74) is 0.165. The second kappa shape index (κ2) is 5.27. The van der Waals surface area contributed by atoms with Crippen LogP contribution in [0.25, 0.3) is 0 Å². The van der Waals surface area contributed by atoms with Crippen LogP contribution in [0.1, 0.15) is 5.56 Å². The summed E-state index contributed by atoms with van der Waals surface area (Å²) >= 11 is 5.51. The molecule has 0 atom stereocenters. The Morgan fingerprint density at radius 3 is 2.61 bits per heavy atom. The van der Waals surface area contributed by atoms with E-state index < -0.39 is 29.1 Å². The number of alkyl halides is 1. The summed E-state index contributed by atoms with van der Waals surface area (Å²) in [4.78, 5) is 3.61. The Morgan fingerprint density at radius 1 is 1.11 bits per heavy atom. The molecule has 18 heavy (non-hydrogen) atoms. The van der Waals surface area contributed by atoms with Gasteiger partial charge in [-0.1, -0.05) is 6.07 Å². The van der Waals surface area contributed by atoms with Crippen molar-refractivity contribution >= 4 is 11.6 Å². The van der Waals surface area contributed by atoms with Crippen molar-refractivity contribution in [2.75, 3.05) is 0 Å². The molecule has 6 heteroatoms. The number of hydrogen-bond donors (Lipinski definition) is 0. The minimum Gasteiger partial charge on any atom is -0.433 e. The molecular formula is C12H7ClF3NO. The highest BCUT2D eigenvalue weighted by Crippen LogP contribution is 2.27. The predicted molar refractivity (Wildman–Crippen MR) is 60.2 cm³/mol. The van der Waals surface area contributed by atoms with E-state index in [0.29, 0.717) is 0 Å². The predicted octanol–water partition coefficient (Wildman–Crippen LogP) is 4.03. The Kier molecular flexibility index (Phi) is 3.72. The van der Waals surface area contributed by atoms with Crippen LogP contribution < -0.4 is 4.74 Å². The van der Waals surface area contributed by atoms with Crippen molar-refractivity contribution in [3.63, 3.8) is 0 Å². The molecule has 0 radical (unpaired) electrons. The molecule has 1 heterocycles. The van der Waals surface area contributed by atoms with E-state index in [2.05, 4.69) is 4.98 Å². The lowest BCUT2D eigenvalue weighted by Gasteiger charge is -2.08. The van der Waals surface area contributed by atoms with Crippen molar-refractivity contribution in [2.24, 2.45) is 0 Å². The summed E-state index contributed by atoms with van der Waals surface area (Å²) in [7, 11) is 0. The van der Waals surface area contributed by atoms with Crippen LogP contribution in [-0.4, -0.2) is 4.98 Å². The summed E-state index contributed by atoms with van der Waals surface area (Å²) in [5.74, 6) is -4.03. The van der Waals surface area contributed by atoms with Gasteiger partial charge in [-0.2, -0.15) is 4.39 Å². The molecule has 0 aliphatic carbocycles. The zero-order valence-electron chi connectivity index (χ0n) is 8.96. The first-order valence-corrected chi connectivity index (χ1v) is 5.48. The fourth-order valence-corrected chi connectivity index (χ4v) is 1.51. The molecule has 1 aromatic heterocycles. The van der Waals surface area contributed by atoms with Crippen LogP contribution in [0, 0.1) is 17.5 Å². The van der Waals surface area contributed by atoms with E-state index in [4.69, 9.17) is 16.3 Å². The molecule has 94 valence electrons. The number of hydrogen-bond acceptors (Lipinski definition) is 2. The first-order valence-electron chi connectivity index (χ1n) is 4.94. The molecule has 0 amide bonds. The van der Waals surface area contributed by atoms with Crippen molar-refractivity contribution < 1.29 is 17.9 Å². The fourth-order valence-electron chi connectivity index (χ4n) is 1.30. The minimum atomic E-state index is -1.20. The van der Waals surface area contributed by atoms with Crippen molar-refractivity contribution in [3.8, 4) is 11.6 Å². The molecule has 0 aliphatic rings. The van der Waals surface area contributed by atoms with Gasteiger partial charge in [0.05, 0.1) is 5.88 Å². The van der Waals surface area contributed by atoms with Crippen molar-refractivity contribution in [2.45, 2.75) is 5.88 Å². The normalized spacial score (nSPS) is 10.4. The number of aromatic nitrogens is 1. The second-order valence-electron chi connectivity index (χ2n) is 3.38. The molecule has 0 aliphatic heterocycles. The van der Waals surface area contributed by atoms with Crippen LogP contribution >= 0.6 is 11.6 Å². The van der Waals surface area contributed by atoms with Crippen LogP contribution in [0.2, 0.25) is 0 Å². The van der Waals surface area contributed by atoms with E-state index >= 15 is 0 Å². The molecule has 2 rings (SSSR count). The average Bonchev–Trinajstić information content (AvgIpc) is 2.37. The Labute approximate surface area is 106 Å². The highest BCUT2D eigenvalue weighted by atomic mass is 35.5. The Bertz CT molecular complexity index is 577. The van der Waals surface area contributed by atoms with Crippen molar-refractivity contribution in [3.05, 3.63) is 53.5 Å². The molecular weight excluding hydrogens is 267 g/mol. The largest absolute Gasteiger partial charge is 0.433 e. The number of rotatable bonds is 3. The molecule has 1 aromatic carbocycles. The number of benzene rings is 1. The molecule has 0 N–H and O–H groups in total. The maximum atomic E-state index is 13.7.